The Bertz CT molecular complexity index is 410. The van der Waals surface area contributed by atoms with Gasteiger partial charge in [0.1, 0.15) is 0 Å². The van der Waals surface area contributed by atoms with E-state index < -0.39 is 5.97 Å². The van der Waals surface area contributed by atoms with Crippen LogP contribution in [0.25, 0.3) is 0 Å². The molecule has 1 heterocycles. The molecule has 7 nitrogen and oxygen atoms in total. The number of amides is 2. The average Bonchev–Trinajstić information content (AvgIpc) is 2.63. The van der Waals surface area contributed by atoms with Crippen molar-refractivity contribution in [2.45, 2.75) is 65.7 Å². The Labute approximate surface area is 157 Å². The fraction of sp³-hybridized carbons (Fsp3) is 0.842. The van der Waals surface area contributed by atoms with Gasteiger partial charge in [-0.25, -0.2) is 0 Å². The number of hydrogen-bond donors (Lipinski definition) is 3. The maximum atomic E-state index is 12.3. The zero-order valence-corrected chi connectivity index (χ0v) is 16.7. The van der Waals surface area contributed by atoms with Crippen LogP contribution in [0.1, 0.15) is 65.7 Å². The van der Waals surface area contributed by atoms with Gasteiger partial charge in [-0.1, -0.05) is 20.8 Å². The summed E-state index contributed by atoms with van der Waals surface area (Å²) < 4.78 is 0. The van der Waals surface area contributed by atoms with E-state index in [0.29, 0.717) is 18.9 Å². The largest absolute Gasteiger partial charge is 0.481 e. The van der Waals surface area contributed by atoms with E-state index >= 15 is 0 Å². The van der Waals surface area contributed by atoms with Crippen molar-refractivity contribution in [2.24, 2.45) is 5.92 Å². The number of carboxylic acid groups (broad SMARTS) is 1. The Morgan fingerprint density at radius 3 is 2.38 bits per heavy atom. The number of nitrogens with one attached hydrogen (secondary N) is 2. The molecule has 0 aliphatic carbocycles. The van der Waals surface area contributed by atoms with Crippen LogP contribution in [0.5, 0.6) is 0 Å². The Hall–Kier alpha value is -1.63. The number of nitrogens with zero attached hydrogens (tertiary/aromatic N) is 1. The first-order chi connectivity index (χ1) is 12.5. The third-order valence-corrected chi connectivity index (χ3v) is 4.30. The van der Waals surface area contributed by atoms with Gasteiger partial charge in [0.05, 0.1) is 13.0 Å². The lowest BCUT2D eigenvalue weighted by molar-refractivity contribution is -0.138. The molecule has 1 aliphatic heterocycles. The van der Waals surface area contributed by atoms with Gasteiger partial charge in [-0.05, 0) is 51.1 Å². The summed E-state index contributed by atoms with van der Waals surface area (Å²) in [4.78, 5) is 36.2. The standard InChI is InChI=1S/C17H31N3O4.C2H6/c1-2-12-20(13-15(21)19-11-8-17(23)24)16(22)5-3-4-14-6-9-18-10-7-14;1-2/h14,18H,2-13H2,1H3,(H,19,21)(H,23,24);1-2H3. The van der Waals surface area contributed by atoms with Crippen molar-refractivity contribution in [3.63, 3.8) is 0 Å². The SMILES string of the molecule is CC.CCCN(CC(=O)NCCC(=O)O)C(=O)CCCC1CCNCC1. The molecule has 1 rings (SSSR count). The highest BCUT2D eigenvalue weighted by atomic mass is 16.4. The Kier molecular flexibility index (Phi) is 14.6. The minimum atomic E-state index is -0.949. The van der Waals surface area contributed by atoms with Crippen LogP contribution in [-0.2, 0) is 14.4 Å². The van der Waals surface area contributed by atoms with Crippen LogP contribution in [0.4, 0.5) is 0 Å². The molecule has 0 spiro atoms. The van der Waals surface area contributed by atoms with E-state index in [9.17, 15) is 14.4 Å². The first kappa shape index (κ1) is 24.4. The van der Waals surface area contributed by atoms with Crippen molar-refractivity contribution in [2.75, 3.05) is 32.7 Å². The second kappa shape index (κ2) is 15.6. The summed E-state index contributed by atoms with van der Waals surface area (Å²) in [7, 11) is 0. The molecule has 7 heteroatoms. The zero-order chi connectivity index (χ0) is 19.8. The summed E-state index contributed by atoms with van der Waals surface area (Å²) in [6.45, 7) is 8.77. The molecule has 26 heavy (non-hydrogen) atoms. The summed E-state index contributed by atoms with van der Waals surface area (Å²) in [5.41, 5.74) is 0. The van der Waals surface area contributed by atoms with Gasteiger partial charge in [0.15, 0.2) is 0 Å². The normalized spacial score (nSPS) is 14.1. The van der Waals surface area contributed by atoms with E-state index in [1.165, 1.54) is 12.8 Å². The van der Waals surface area contributed by atoms with E-state index in [0.717, 1.165) is 32.4 Å². The fourth-order valence-electron chi connectivity index (χ4n) is 2.97. The smallest absolute Gasteiger partial charge is 0.305 e. The van der Waals surface area contributed by atoms with Gasteiger partial charge >= 0.3 is 5.97 Å². The van der Waals surface area contributed by atoms with Crippen LogP contribution in [0.15, 0.2) is 0 Å². The third-order valence-electron chi connectivity index (χ3n) is 4.30. The Balaban J connectivity index is 0.00000301. The summed E-state index contributed by atoms with van der Waals surface area (Å²) in [6, 6.07) is 0. The molecule has 0 aromatic carbocycles. The highest BCUT2D eigenvalue weighted by Crippen LogP contribution is 2.19. The average molecular weight is 372 g/mol. The van der Waals surface area contributed by atoms with Crippen LogP contribution in [0.3, 0.4) is 0 Å². The van der Waals surface area contributed by atoms with Crippen LogP contribution in [0.2, 0.25) is 0 Å². The monoisotopic (exact) mass is 371 g/mol. The maximum Gasteiger partial charge on any atom is 0.305 e. The van der Waals surface area contributed by atoms with Gasteiger partial charge in [-0.3, -0.25) is 14.4 Å². The van der Waals surface area contributed by atoms with Crippen molar-refractivity contribution in [3.8, 4) is 0 Å². The predicted octanol–water partition coefficient (Wildman–Crippen LogP) is 2.01. The Morgan fingerprint density at radius 2 is 1.81 bits per heavy atom. The lowest BCUT2D eigenvalue weighted by Crippen LogP contribution is -2.41. The van der Waals surface area contributed by atoms with Gasteiger partial charge in [0, 0.05) is 19.5 Å². The van der Waals surface area contributed by atoms with Gasteiger partial charge in [-0.15, -0.1) is 0 Å². The van der Waals surface area contributed by atoms with Gasteiger partial charge in [0.25, 0.3) is 0 Å². The van der Waals surface area contributed by atoms with Crippen LogP contribution in [-0.4, -0.2) is 60.5 Å². The molecule has 0 aromatic rings. The highest BCUT2D eigenvalue weighted by Gasteiger charge is 2.18. The summed E-state index contributed by atoms with van der Waals surface area (Å²) in [5, 5.41) is 14.4. The van der Waals surface area contributed by atoms with Crippen molar-refractivity contribution in [3.05, 3.63) is 0 Å². The predicted molar refractivity (Wildman–Crippen MR) is 103 cm³/mol. The summed E-state index contributed by atoms with van der Waals surface area (Å²) in [6.07, 6.45) is 5.46. The summed E-state index contributed by atoms with van der Waals surface area (Å²) in [5.74, 6) is -0.525. The molecule has 1 saturated heterocycles. The minimum absolute atomic E-state index is 0.0131. The van der Waals surface area contributed by atoms with E-state index in [4.69, 9.17) is 5.11 Å². The molecular formula is C19H37N3O4. The fourth-order valence-corrected chi connectivity index (χ4v) is 2.97. The molecule has 0 aromatic heterocycles. The number of hydrogen-bond acceptors (Lipinski definition) is 4. The lowest BCUT2D eigenvalue weighted by Gasteiger charge is -2.24. The van der Waals surface area contributed by atoms with Gasteiger partial charge in [0.2, 0.25) is 11.8 Å². The van der Waals surface area contributed by atoms with E-state index in [1.54, 1.807) is 4.90 Å². The van der Waals surface area contributed by atoms with Crippen LogP contribution in [0, 0.1) is 5.92 Å². The molecule has 0 unspecified atom stereocenters. The molecule has 152 valence electrons. The number of rotatable bonds is 11. The van der Waals surface area contributed by atoms with Gasteiger partial charge in [-0.2, -0.15) is 0 Å². The quantitative estimate of drug-likeness (QED) is 0.516. The number of carboxylic acids is 1. The third kappa shape index (κ3) is 11.8. The van der Waals surface area contributed by atoms with Crippen molar-refractivity contribution in [1.82, 2.24) is 15.5 Å². The van der Waals surface area contributed by atoms with E-state index in [-0.39, 0.29) is 31.3 Å². The molecule has 0 radical (unpaired) electrons. The molecule has 0 bridgehead atoms. The van der Waals surface area contributed by atoms with Crippen LogP contribution < -0.4 is 10.6 Å². The number of aliphatic carboxylic acids is 1. The molecular weight excluding hydrogens is 334 g/mol. The number of carbonyl (C=O) groups is 3. The Morgan fingerprint density at radius 1 is 1.15 bits per heavy atom. The molecule has 0 saturated carbocycles. The molecule has 1 aliphatic rings. The molecule has 0 atom stereocenters. The maximum absolute atomic E-state index is 12.3. The molecule has 3 N–H and O–H groups in total. The van der Waals surface area contributed by atoms with Crippen molar-refractivity contribution in [1.29, 1.82) is 0 Å². The molecule has 1 fully saturated rings. The zero-order valence-electron chi connectivity index (χ0n) is 16.7. The minimum Gasteiger partial charge on any atom is -0.481 e. The topological polar surface area (TPSA) is 98.7 Å². The number of piperidine rings is 1. The van der Waals surface area contributed by atoms with E-state index in [2.05, 4.69) is 10.6 Å². The lowest BCUT2D eigenvalue weighted by atomic mass is 9.92. The summed E-state index contributed by atoms with van der Waals surface area (Å²) >= 11 is 0. The van der Waals surface area contributed by atoms with Gasteiger partial charge < -0.3 is 20.6 Å². The van der Waals surface area contributed by atoms with E-state index in [1.807, 2.05) is 20.8 Å². The molecule has 2 amide bonds. The van der Waals surface area contributed by atoms with Crippen molar-refractivity contribution < 1.29 is 19.5 Å². The van der Waals surface area contributed by atoms with Crippen molar-refractivity contribution >= 4 is 17.8 Å². The van der Waals surface area contributed by atoms with Crippen LogP contribution >= 0.6 is 0 Å². The second-order valence-corrected chi connectivity index (χ2v) is 6.39. The number of carbonyl (C=O) groups excluding carboxylic acids is 2. The first-order valence-electron chi connectivity index (χ1n) is 10.00. The highest BCUT2D eigenvalue weighted by molar-refractivity contribution is 5.85. The second-order valence-electron chi connectivity index (χ2n) is 6.39. The first-order valence-corrected chi connectivity index (χ1v) is 10.00.